The fraction of sp³-hybridized carbons (Fsp3) is 0.375. The zero-order chi connectivity index (χ0) is 14.7. The summed E-state index contributed by atoms with van der Waals surface area (Å²) in [7, 11) is -3.23. The predicted molar refractivity (Wildman–Crippen MR) is 83.3 cm³/mol. The quantitative estimate of drug-likeness (QED) is 0.866. The summed E-state index contributed by atoms with van der Waals surface area (Å²) in [5.74, 6) is 0.158. The normalized spacial score (nSPS) is 17.1. The molecule has 0 bridgehead atoms. The SMILES string of the molecule is O=S(=O)(CCN1CCOCC1)c1ccc2ccccc2c1. The molecule has 0 atom stereocenters. The molecule has 2 aromatic carbocycles. The molecule has 0 aliphatic carbocycles. The second kappa shape index (κ2) is 6.13. The Hall–Kier alpha value is -1.43. The van der Waals surface area contributed by atoms with Gasteiger partial charge in [0.1, 0.15) is 0 Å². The molecule has 1 aliphatic rings. The zero-order valence-corrected chi connectivity index (χ0v) is 12.7. The van der Waals surface area contributed by atoms with Crippen LogP contribution in [0.2, 0.25) is 0 Å². The van der Waals surface area contributed by atoms with E-state index in [0.29, 0.717) is 24.7 Å². The van der Waals surface area contributed by atoms with E-state index in [4.69, 9.17) is 4.74 Å². The number of hydrogen-bond donors (Lipinski definition) is 0. The lowest BCUT2D eigenvalue weighted by Gasteiger charge is -2.26. The van der Waals surface area contributed by atoms with Gasteiger partial charge in [-0.05, 0) is 22.9 Å². The molecule has 112 valence electrons. The molecule has 21 heavy (non-hydrogen) atoms. The minimum absolute atomic E-state index is 0.158. The highest BCUT2D eigenvalue weighted by Gasteiger charge is 2.18. The number of rotatable bonds is 4. The molecule has 1 aliphatic heterocycles. The standard InChI is InChI=1S/C16H19NO3S/c18-21(19,12-9-17-7-10-20-11-8-17)16-6-5-14-3-1-2-4-15(14)13-16/h1-6,13H,7-12H2. The third kappa shape index (κ3) is 3.43. The molecule has 5 heteroatoms. The number of benzene rings is 2. The Morgan fingerprint density at radius 2 is 1.71 bits per heavy atom. The second-order valence-electron chi connectivity index (χ2n) is 5.28. The third-order valence-corrected chi connectivity index (χ3v) is 5.55. The van der Waals surface area contributed by atoms with Crippen molar-refractivity contribution in [2.75, 3.05) is 38.6 Å². The number of morpholine rings is 1. The largest absolute Gasteiger partial charge is 0.379 e. The van der Waals surface area contributed by atoms with Crippen LogP contribution in [0.3, 0.4) is 0 Å². The van der Waals surface area contributed by atoms with Crippen molar-refractivity contribution in [1.29, 1.82) is 0 Å². The van der Waals surface area contributed by atoms with Crippen LogP contribution < -0.4 is 0 Å². The van der Waals surface area contributed by atoms with E-state index in [1.54, 1.807) is 12.1 Å². The van der Waals surface area contributed by atoms with Crippen molar-refractivity contribution in [3.8, 4) is 0 Å². The minimum atomic E-state index is -3.23. The van der Waals surface area contributed by atoms with Gasteiger partial charge in [0, 0.05) is 19.6 Å². The molecule has 0 saturated carbocycles. The van der Waals surface area contributed by atoms with Crippen molar-refractivity contribution in [3.05, 3.63) is 42.5 Å². The first kappa shape index (κ1) is 14.5. The van der Waals surface area contributed by atoms with Gasteiger partial charge in [-0.15, -0.1) is 0 Å². The van der Waals surface area contributed by atoms with Crippen LogP contribution in [0, 0.1) is 0 Å². The van der Waals surface area contributed by atoms with Gasteiger partial charge in [0.15, 0.2) is 9.84 Å². The lowest BCUT2D eigenvalue weighted by Crippen LogP contribution is -2.39. The Bertz CT molecular complexity index is 721. The molecule has 3 rings (SSSR count). The molecule has 4 nitrogen and oxygen atoms in total. The molecule has 0 spiro atoms. The lowest BCUT2D eigenvalue weighted by atomic mass is 10.1. The van der Waals surface area contributed by atoms with E-state index >= 15 is 0 Å². The number of ether oxygens (including phenoxy) is 1. The van der Waals surface area contributed by atoms with Gasteiger partial charge in [0.05, 0.1) is 23.9 Å². The fourth-order valence-corrected chi connectivity index (χ4v) is 3.87. The fourth-order valence-electron chi connectivity index (χ4n) is 2.55. The predicted octanol–water partition coefficient (Wildman–Crippen LogP) is 1.95. The maximum atomic E-state index is 12.5. The Labute approximate surface area is 125 Å². The molecule has 0 radical (unpaired) electrons. The smallest absolute Gasteiger partial charge is 0.179 e. The van der Waals surface area contributed by atoms with E-state index in [1.807, 2.05) is 30.3 Å². The van der Waals surface area contributed by atoms with E-state index < -0.39 is 9.84 Å². The minimum Gasteiger partial charge on any atom is -0.379 e. The van der Waals surface area contributed by atoms with E-state index in [9.17, 15) is 8.42 Å². The van der Waals surface area contributed by atoms with Crippen molar-refractivity contribution in [1.82, 2.24) is 4.90 Å². The van der Waals surface area contributed by atoms with Crippen LogP contribution in [0.4, 0.5) is 0 Å². The van der Waals surface area contributed by atoms with Crippen LogP contribution in [0.1, 0.15) is 0 Å². The molecular weight excluding hydrogens is 286 g/mol. The van der Waals surface area contributed by atoms with E-state index in [0.717, 1.165) is 23.9 Å². The van der Waals surface area contributed by atoms with Crippen molar-refractivity contribution in [2.24, 2.45) is 0 Å². The number of nitrogens with zero attached hydrogens (tertiary/aromatic N) is 1. The summed E-state index contributed by atoms with van der Waals surface area (Å²) in [6.07, 6.45) is 0. The summed E-state index contributed by atoms with van der Waals surface area (Å²) < 4.78 is 30.2. The maximum Gasteiger partial charge on any atom is 0.179 e. The highest BCUT2D eigenvalue weighted by atomic mass is 32.2. The third-order valence-electron chi connectivity index (χ3n) is 3.86. The molecule has 1 heterocycles. The number of fused-ring (bicyclic) bond motifs is 1. The van der Waals surface area contributed by atoms with E-state index in [1.165, 1.54) is 0 Å². The molecule has 0 unspecified atom stereocenters. The Morgan fingerprint density at radius 3 is 2.48 bits per heavy atom. The van der Waals surface area contributed by atoms with Crippen molar-refractivity contribution < 1.29 is 13.2 Å². The average molecular weight is 305 g/mol. The average Bonchev–Trinajstić information content (AvgIpc) is 2.53. The summed E-state index contributed by atoms with van der Waals surface area (Å²) in [6, 6.07) is 13.1. The molecule has 1 saturated heterocycles. The summed E-state index contributed by atoms with van der Waals surface area (Å²) in [6.45, 7) is 3.57. The zero-order valence-electron chi connectivity index (χ0n) is 11.9. The second-order valence-corrected chi connectivity index (χ2v) is 7.39. The van der Waals surface area contributed by atoms with Crippen molar-refractivity contribution in [3.63, 3.8) is 0 Å². The van der Waals surface area contributed by atoms with Crippen LogP contribution in [0.15, 0.2) is 47.4 Å². The summed E-state index contributed by atoms with van der Waals surface area (Å²) in [5.41, 5.74) is 0. The van der Waals surface area contributed by atoms with Gasteiger partial charge in [0.25, 0.3) is 0 Å². The Morgan fingerprint density at radius 1 is 1.00 bits per heavy atom. The number of sulfone groups is 1. The van der Waals surface area contributed by atoms with Crippen LogP contribution in [0.25, 0.3) is 10.8 Å². The summed E-state index contributed by atoms with van der Waals surface area (Å²) >= 11 is 0. The summed E-state index contributed by atoms with van der Waals surface area (Å²) in [5, 5.41) is 2.02. The first-order chi connectivity index (χ1) is 10.1. The van der Waals surface area contributed by atoms with Crippen LogP contribution in [-0.2, 0) is 14.6 Å². The van der Waals surface area contributed by atoms with Gasteiger partial charge < -0.3 is 4.74 Å². The van der Waals surface area contributed by atoms with E-state index in [2.05, 4.69) is 4.90 Å². The monoisotopic (exact) mass is 305 g/mol. The van der Waals surface area contributed by atoms with Gasteiger partial charge in [-0.1, -0.05) is 30.3 Å². The Balaban J connectivity index is 1.76. The molecule has 1 fully saturated rings. The van der Waals surface area contributed by atoms with Gasteiger partial charge in [0.2, 0.25) is 0 Å². The van der Waals surface area contributed by atoms with Crippen molar-refractivity contribution in [2.45, 2.75) is 4.90 Å². The van der Waals surface area contributed by atoms with Crippen LogP contribution in [0.5, 0.6) is 0 Å². The maximum absolute atomic E-state index is 12.5. The molecule has 0 N–H and O–H groups in total. The van der Waals surface area contributed by atoms with Gasteiger partial charge >= 0.3 is 0 Å². The first-order valence-electron chi connectivity index (χ1n) is 7.17. The summed E-state index contributed by atoms with van der Waals surface area (Å²) in [4.78, 5) is 2.55. The van der Waals surface area contributed by atoms with Crippen LogP contribution in [-0.4, -0.2) is 51.9 Å². The van der Waals surface area contributed by atoms with E-state index in [-0.39, 0.29) is 5.75 Å². The molecule has 0 amide bonds. The molecule has 0 aromatic heterocycles. The highest BCUT2D eigenvalue weighted by molar-refractivity contribution is 7.91. The Kier molecular flexibility index (Phi) is 4.24. The van der Waals surface area contributed by atoms with Crippen molar-refractivity contribution >= 4 is 20.6 Å². The van der Waals surface area contributed by atoms with Crippen LogP contribution >= 0.6 is 0 Å². The van der Waals surface area contributed by atoms with Gasteiger partial charge in [-0.3, -0.25) is 4.90 Å². The van der Waals surface area contributed by atoms with Gasteiger partial charge in [-0.25, -0.2) is 8.42 Å². The topological polar surface area (TPSA) is 46.6 Å². The first-order valence-corrected chi connectivity index (χ1v) is 8.82. The highest BCUT2D eigenvalue weighted by Crippen LogP contribution is 2.20. The lowest BCUT2D eigenvalue weighted by molar-refractivity contribution is 0.0408. The molecular formula is C16H19NO3S. The van der Waals surface area contributed by atoms with Gasteiger partial charge in [-0.2, -0.15) is 0 Å². The number of hydrogen-bond acceptors (Lipinski definition) is 4. The molecule has 2 aromatic rings.